The SMILES string of the molecule is C[C@@H]1CCCC[C@H]1NC(=O)Cn1c2ccccc2n2c(=O)n(Cc3cccnc3)nc12. The molecule has 31 heavy (non-hydrogen) atoms. The van der Waals surface area contributed by atoms with Crippen molar-refractivity contribution in [2.24, 2.45) is 5.92 Å². The van der Waals surface area contributed by atoms with Gasteiger partial charge in [-0.15, -0.1) is 5.10 Å². The smallest absolute Gasteiger partial charge is 0.352 e. The summed E-state index contributed by atoms with van der Waals surface area (Å²) in [5.41, 5.74) is 2.24. The van der Waals surface area contributed by atoms with Gasteiger partial charge >= 0.3 is 5.69 Å². The molecule has 5 rings (SSSR count). The average molecular weight is 419 g/mol. The lowest BCUT2D eigenvalue weighted by molar-refractivity contribution is -0.122. The van der Waals surface area contributed by atoms with Crippen LogP contribution in [0.2, 0.25) is 0 Å². The van der Waals surface area contributed by atoms with Gasteiger partial charge in [0, 0.05) is 18.4 Å². The standard InChI is InChI=1S/C23H26N6O2/c1-16-7-2-3-9-18(16)25-21(30)15-27-19-10-4-5-11-20(19)29-22(27)26-28(23(29)31)14-17-8-6-12-24-13-17/h4-6,8,10-13,16,18H,2-3,7,9,14-15H2,1H3,(H,25,30)/t16-,18-/m1/s1. The van der Waals surface area contributed by atoms with Gasteiger partial charge in [-0.3, -0.25) is 14.3 Å². The number of rotatable bonds is 5. The highest BCUT2D eigenvalue weighted by Gasteiger charge is 2.24. The Labute approximate surface area is 179 Å². The van der Waals surface area contributed by atoms with Crippen molar-refractivity contribution in [2.75, 3.05) is 0 Å². The molecule has 0 unspecified atom stereocenters. The van der Waals surface area contributed by atoms with Gasteiger partial charge in [0.2, 0.25) is 11.7 Å². The molecule has 1 aliphatic rings. The minimum atomic E-state index is -0.227. The Morgan fingerprint density at radius 2 is 1.94 bits per heavy atom. The van der Waals surface area contributed by atoms with Crippen LogP contribution in [0.1, 0.15) is 38.2 Å². The zero-order valence-corrected chi connectivity index (χ0v) is 17.6. The number of carbonyl (C=O) groups is 1. The lowest BCUT2D eigenvalue weighted by atomic mass is 9.86. The van der Waals surface area contributed by atoms with Crippen molar-refractivity contribution in [3.05, 3.63) is 64.8 Å². The molecular formula is C23H26N6O2. The number of amides is 1. The molecule has 3 heterocycles. The highest BCUT2D eigenvalue weighted by molar-refractivity contribution is 5.84. The maximum atomic E-state index is 13.1. The van der Waals surface area contributed by atoms with Crippen molar-refractivity contribution >= 4 is 22.7 Å². The van der Waals surface area contributed by atoms with Crippen LogP contribution in [0.15, 0.2) is 53.6 Å². The molecule has 8 heteroatoms. The lowest BCUT2D eigenvalue weighted by Gasteiger charge is -2.29. The molecule has 0 aliphatic heterocycles. The van der Waals surface area contributed by atoms with Crippen molar-refractivity contribution < 1.29 is 4.79 Å². The van der Waals surface area contributed by atoms with Crippen LogP contribution in [0.5, 0.6) is 0 Å². The molecule has 8 nitrogen and oxygen atoms in total. The third-order valence-corrected chi connectivity index (χ3v) is 6.29. The summed E-state index contributed by atoms with van der Waals surface area (Å²) >= 11 is 0. The average Bonchev–Trinajstić information content (AvgIpc) is 3.25. The molecule has 160 valence electrons. The van der Waals surface area contributed by atoms with Gasteiger partial charge in [0.1, 0.15) is 6.54 Å². The van der Waals surface area contributed by atoms with E-state index in [-0.39, 0.29) is 24.2 Å². The van der Waals surface area contributed by atoms with Crippen molar-refractivity contribution in [3.63, 3.8) is 0 Å². The fraction of sp³-hybridized carbons (Fsp3) is 0.391. The van der Waals surface area contributed by atoms with Crippen molar-refractivity contribution in [3.8, 4) is 0 Å². The first-order chi connectivity index (χ1) is 15.1. The Morgan fingerprint density at radius 1 is 1.13 bits per heavy atom. The zero-order valence-electron chi connectivity index (χ0n) is 17.6. The first kappa shape index (κ1) is 19.5. The predicted molar refractivity (Wildman–Crippen MR) is 118 cm³/mol. The topological polar surface area (TPSA) is 86.2 Å². The summed E-state index contributed by atoms with van der Waals surface area (Å²) in [6, 6.07) is 11.6. The fourth-order valence-corrected chi connectivity index (χ4v) is 4.62. The second-order valence-corrected chi connectivity index (χ2v) is 8.45. The molecule has 3 aromatic heterocycles. The molecular weight excluding hydrogens is 392 g/mol. The van der Waals surface area contributed by atoms with E-state index in [9.17, 15) is 9.59 Å². The number of pyridine rings is 1. The van der Waals surface area contributed by atoms with E-state index in [2.05, 4.69) is 22.3 Å². The fourth-order valence-electron chi connectivity index (χ4n) is 4.62. The van der Waals surface area contributed by atoms with Gasteiger partial charge in [-0.25, -0.2) is 13.9 Å². The highest BCUT2D eigenvalue weighted by atomic mass is 16.2. The molecule has 0 spiro atoms. The number of imidazole rings is 1. The maximum absolute atomic E-state index is 13.1. The van der Waals surface area contributed by atoms with Crippen molar-refractivity contribution in [2.45, 2.75) is 51.7 Å². The second kappa shape index (κ2) is 8.02. The van der Waals surface area contributed by atoms with Crippen LogP contribution in [0, 0.1) is 5.92 Å². The summed E-state index contributed by atoms with van der Waals surface area (Å²) in [4.78, 5) is 30.2. The van der Waals surface area contributed by atoms with Gasteiger partial charge in [-0.1, -0.05) is 38.0 Å². The van der Waals surface area contributed by atoms with Crippen LogP contribution in [0.3, 0.4) is 0 Å². The second-order valence-electron chi connectivity index (χ2n) is 8.45. The van der Waals surface area contributed by atoms with Crippen LogP contribution >= 0.6 is 0 Å². The van der Waals surface area contributed by atoms with Gasteiger partial charge < -0.3 is 5.32 Å². The molecule has 1 N–H and O–H groups in total. The van der Waals surface area contributed by atoms with Crippen molar-refractivity contribution in [1.29, 1.82) is 0 Å². The van der Waals surface area contributed by atoms with Gasteiger partial charge in [0.25, 0.3) is 0 Å². The van der Waals surface area contributed by atoms with E-state index in [0.717, 1.165) is 35.9 Å². The Hall–Kier alpha value is -3.42. The maximum Gasteiger partial charge on any atom is 0.352 e. The molecule has 2 atom stereocenters. The Kier molecular flexibility index (Phi) is 5.05. The Bertz CT molecular complexity index is 1290. The quantitative estimate of drug-likeness (QED) is 0.540. The number of hydrogen-bond donors (Lipinski definition) is 1. The Balaban J connectivity index is 1.51. The van der Waals surface area contributed by atoms with Gasteiger partial charge in [-0.2, -0.15) is 0 Å². The molecule has 1 amide bonds. The summed E-state index contributed by atoms with van der Waals surface area (Å²) in [7, 11) is 0. The first-order valence-corrected chi connectivity index (χ1v) is 10.9. The minimum Gasteiger partial charge on any atom is -0.352 e. The van der Waals surface area contributed by atoms with Crippen LogP contribution in [-0.4, -0.2) is 35.7 Å². The number of carbonyl (C=O) groups excluding carboxylic acids is 1. The van der Waals surface area contributed by atoms with E-state index in [1.807, 2.05) is 41.0 Å². The van der Waals surface area contributed by atoms with E-state index in [0.29, 0.717) is 18.2 Å². The Morgan fingerprint density at radius 3 is 2.71 bits per heavy atom. The summed E-state index contributed by atoms with van der Waals surface area (Å²) in [5, 5.41) is 7.79. The number of nitrogens with zero attached hydrogens (tertiary/aromatic N) is 5. The summed E-state index contributed by atoms with van der Waals surface area (Å²) < 4.78 is 4.85. The molecule has 1 aliphatic carbocycles. The number of nitrogens with one attached hydrogen (secondary N) is 1. The molecule has 0 saturated heterocycles. The molecule has 1 saturated carbocycles. The molecule has 0 radical (unpaired) electrons. The predicted octanol–water partition coefficient (Wildman–Crippen LogP) is 2.59. The normalized spacial score (nSPS) is 19.1. The molecule has 1 fully saturated rings. The lowest BCUT2D eigenvalue weighted by Crippen LogP contribution is -2.42. The minimum absolute atomic E-state index is 0.0451. The number of benzene rings is 1. The van der Waals surface area contributed by atoms with Gasteiger partial charge in [0.15, 0.2) is 0 Å². The van der Waals surface area contributed by atoms with Crippen molar-refractivity contribution in [1.82, 2.24) is 29.0 Å². The molecule has 0 bridgehead atoms. The van der Waals surface area contributed by atoms with Crippen LogP contribution in [0.4, 0.5) is 0 Å². The van der Waals surface area contributed by atoms with E-state index in [1.54, 1.807) is 16.8 Å². The number of hydrogen-bond acceptors (Lipinski definition) is 4. The third kappa shape index (κ3) is 3.62. The summed E-state index contributed by atoms with van der Waals surface area (Å²) in [5.74, 6) is 0.915. The van der Waals surface area contributed by atoms with Gasteiger partial charge in [-0.05, 0) is 42.5 Å². The number of para-hydroxylation sites is 2. The monoisotopic (exact) mass is 418 g/mol. The van der Waals surface area contributed by atoms with Gasteiger partial charge in [0.05, 0.1) is 17.6 Å². The number of fused-ring (bicyclic) bond motifs is 3. The largest absolute Gasteiger partial charge is 0.352 e. The molecule has 4 aromatic rings. The molecule has 1 aromatic carbocycles. The number of aromatic nitrogens is 5. The van der Waals surface area contributed by atoms with E-state index >= 15 is 0 Å². The van der Waals surface area contributed by atoms with Crippen LogP contribution in [0.25, 0.3) is 16.8 Å². The van der Waals surface area contributed by atoms with E-state index in [4.69, 9.17) is 0 Å². The summed E-state index contributed by atoms with van der Waals surface area (Å²) in [6.07, 6.45) is 7.97. The zero-order chi connectivity index (χ0) is 21.4. The van der Waals surface area contributed by atoms with E-state index in [1.165, 1.54) is 11.1 Å². The van der Waals surface area contributed by atoms with Crippen LogP contribution in [-0.2, 0) is 17.9 Å². The highest BCUT2D eigenvalue weighted by Crippen LogP contribution is 2.24. The summed E-state index contributed by atoms with van der Waals surface area (Å²) in [6.45, 7) is 2.66. The van der Waals surface area contributed by atoms with E-state index < -0.39 is 0 Å². The third-order valence-electron chi connectivity index (χ3n) is 6.29. The first-order valence-electron chi connectivity index (χ1n) is 10.9. The van der Waals surface area contributed by atoms with Crippen LogP contribution < -0.4 is 11.0 Å².